The summed E-state index contributed by atoms with van der Waals surface area (Å²) < 4.78 is 59.8. The molecule has 0 aliphatic carbocycles. The molecule has 32 heavy (non-hydrogen) atoms. The maximum Gasteiger partial charge on any atom is 0.350 e. The Labute approximate surface area is 185 Å². The van der Waals surface area contributed by atoms with E-state index in [-0.39, 0.29) is 20.4 Å². The molecule has 3 N–H and O–H groups in total. The summed E-state index contributed by atoms with van der Waals surface area (Å²) in [5.41, 5.74) is 0.0768. The zero-order chi connectivity index (χ0) is 23.9. The number of aryl methyl sites for hydroxylation is 1. The van der Waals surface area contributed by atoms with Crippen molar-refractivity contribution >= 4 is 37.5 Å². The molecule has 10 nitrogen and oxygen atoms in total. The fraction of sp³-hybridized carbons (Fsp3) is 0.200. The first-order valence-corrected chi connectivity index (χ1v) is 12.2. The fourth-order valence-corrected chi connectivity index (χ4v) is 4.75. The number of cyclic esters (lactones) is 2. The Bertz CT molecular complexity index is 1320. The lowest BCUT2D eigenvalue weighted by molar-refractivity contribution is -0.222. The molecule has 2 aromatic carbocycles. The Hall–Kier alpha value is -3.22. The number of sulfone groups is 1. The van der Waals surface area contributed by atoms with Crippen LogP contribution in [0.25, 0.3) is 0 Å². The Kier molecular flexibility index (Phi) is 5.89. The van der Waals surface area contributed by atoms with Crippen molar-refractivity contribution in [2.75, 3.05) is 5.32 Å². The molecule has 2 aromatic rings. The maximum atomic E-state index is 13.2. The molecule has 3 rings (SSSR count). The molecule has 0 amide bonds. The number of sulfonamides is 1. The number of benzene rings is 2. The first-order valence-electron chi connectivity index (χ1n) is 9.13. The van der Waals surface area contributed by atoms with Crippen LogP contribution in [0.2, 0.25) is 0 Å². The van der Waals surface area contributed by atoms with E-state index in [1.807, 2.05) is 0 Å². The number of nitrogens with two attached hydrogens (primary N) is 1. The smallest absolute Gasteiger partial charge is 0.350 e. The summed E-state index contributed by atoms with van der Waals surface area (Å²) in [7, 11) is -8.28. The van der Waals surface area contributed by atoms with E-state index in [1.165, 1.54) is 26.0 Å². The van der Waals surface area contributed by atoms with E-state index in [4.69, 9.17) is 14.6 Å². The fourth-order valence-electron chi connectivity index (χ4n) is 2.81. The van der Waals surface area contributed by atoms with Gasteiger partial charge in [-0.15, -0.1) is 0 Å². The molecule has 1 heterocycles. The number of rotatable bonds is 5. The van der Waals surface area contributed by atoms with Crippen molar-refractivity contribution in [3.8, 4) is 0 Å². The number of anilines is 1. The van der Waals surface area contributed by atoms with Crippen LogP contribution >= 0.6 is 0 Å². The maximum absolute atomic E-state index is 13.2. The van der Waals surface area contributed by atoms with Crippen LogP contribution in [0.1, 0.15) is 19.4 Å². The van der Waals surface area contributed by atoms with E-state index in [0.29, 0.717) is 0 Å². The predicted octanol–water partition coefficient (Wildman–Crippen LogP) is 1.61. The molecule has 0 saturated carbocycles. The van der Waals surface area contributed by atoms with Crippen molar-refractivity contribution in [1.29, 1.82) is 0 Å². The third kappa shape index (κ3) is 4.82. The number of hydrogen-bond acceptors (Lipinski definition) is 9. The van der Waals surface area contributed by atoms with Crippen LogP contribution in [0, 0.1) is 6.92 Å². The minimum absolute atomic E-state index is 0.0413. The number of hydrogen-bond donors (Lipinski definition) is 2. The van der Waals surface area contributed by atoms with Gasteiger partial charge in [-0.1, -0.05) is 17.7 Å². The summed E-state index contributed by atoms with van der Waals surface area (Å²) in [5.74, 6) is -3.45. The molecule has 1 aliphatic heterocycles. The van der Waals surface area contributed by atoms with Crippen molar-refractivity contribution in [1.82, 2.24) is 0 Å². The van der Waals surface area contributed by atoms with Gasteiger partial charge < -0.3 is 14.8 Å². The third-order valence-electron chi connectivity index (χ3n) is 4.39. The highest BCUT2D eigenvalue weighted by Gasteiger charge is 2.39. The largest absolute Gasteiger partial charge is 0.419 e. The molecule has 0 radical (unpaired) electrons. The Morgan fingerprint density at radius 2 is 1.44 bits per heavy atom. The molecular weight excluding hydrogens is 460 g/mol. The van der Waals surface area contributed by atoms with Gasteiger partial charge in [-0.05, 0) is 37.3 Å². The van der Waals surface area contributed by atoms with Gasteiger partial charge in [0.15, 0.2) is 5.57 Å². The van der Waals surface area contributed by atoms with Gasteiger partial charge in [0, 0.05) is 20.0 Å². The lowest BCUT2D eigenvalue weighted by Gasteiger charge is -2.29. The highest BCUT2D eigenvalue weighted by atomic mass is 32.2. The summed E-state index contributed by atoms with van der Waals surface area (Å²) >= 11 is 0. The molecule has 0 unspecified atom stereocenters. The molecule has 0 bridgehead atoms. The van der Waals surface area contributed by atoms with E-state index in [0.717, 1.165) is 30.0 Å². The van der Waals surface area contributed by atoms with Gasteiger partial charge in [0.1, 0.15) is 0 Å². The number of carbonyl (C=O) groups is 2. The number of primary sulfonamides is 1. The zero-order valence-electron chi connectivity index (χ0n) is 17.3. The summed E-state index contributed by atoms with van der Waals surface area (Å²) in [6, 6.07) is 9.11. The second kappa shape index (κ2) is 8.04. The second-order valence-corrected chi connectivity index (χ2v) is 10.9. The normalized spacial score (nSPS) is 16.2. The SMILES string of the molecule is Cc1ccc(S(=O)(=O)c2ccc(S(N)(=O)=O)cc2NC=C2C(=O)OC(C)(C)OC2=O)cc1. The summed E-state index contributed by atoms with van der Waals surface area (Å²) in [6.45, 7) is 4.53. The van der Waals surface area contributed by atoms with Gasteiger partial charge in [-0.25, -0.2) is 31.6 Å². The van der Waals surface area contributed by atoms with Crippen molar-refractivity contribution in [2.45, 2.75) is 41.2 Å². The predicted molar refractivity (Wildman–Crippen MR) is 112 cm³/mol. The monoisotopic (exact) mass is 480 g/mol. The highest BCUT2D eigenvalue weighted by Crippen LogP contribution is 2.31. The van der Waals surface area contributed by atoms with Crippen molar-refractivity contribution in [2.24, 2.45) is 5.14 Å². The van der Waals surface area contributed by atoms with E-state index < -0.39 is 43.2 Å². The average Bonchev–Trinajstić information content (AvgIpc) is 2.66. The summed E-state index contributed by atoms with van der Waals surface area (Å²) in [5, 5.41) is 7.66. The standard InChI is InChI=1S/C20H20N2O8S2/c1-12-4-6-13(7-5-12)31(25,26)17-9-8-14(32(21,27)28)10-16(17)22-11-15-18(23)29-20(2,3)30-19(15)24/h4-11,22H,1-3H3,(H2,21,27,28). The van der Waals surface area contributed by atoms with Gasteiger partial charge in [-0.3, -0.25) is 0 Å². The third-order valence-corrected chi connectivity index (χ3v) is 7.13. The van der Waals surface area contributed by atoms with E-state index >= 15 is 0 Å². The number of ether oxygens (including phenoxy) is 2. The lowest BCUT2D eigenvalue weighted by Crippen LogP contribution is -2.42. The van der Waals surface area contributed by atoms with E-state index in [1.54, 1.807) is 19.1 Å². The first kappa shape index (κ1) is 23.4. The van der Waals surface area contributed by atoms with Crippen LogP contribution in [0.4, 0.5) is 5.69 Å². The van der Waals surface area contributed by atoms with Crippen LogP contribution in [-0.2, 0) is 38.9 Å². The quantitative estimate of drug-likeness (QED) is 0.368. The highest BCUT2D eigenvalue weighted by molar-refractivity contribution is 7.91. The topological polar surface area (TPSA) is 159 Å². The Morgan fingerprint density at radius 1 is 0.906 bits per heavy atom. The molecule has 0 atom stereocenters. The van der Waals surface area contributed by atoms with Gasteiger partial charge >= 0.3 is 11.9 Å². The summed E-state index contributed by atoms with van der Waals surface area (Å²) in [4.78, 5) is 23.6. The van der Waals surface area contributed by atoms with Crippen molar-refractivity contribution < 1.29 is 35.9 Å². The minimum Gasteiger partial charge on any atom is -0.419 e. The second-order valence-electron chi connectivity index (χ2n) is 7.40. The van der Waals surface area contributed by atoms with Gasteiger partial charge in [0.2, 0.25) is 19.9 Å². The molecule has 12 heteroatoms. The van der Waals surface area contributed by atoms with Crippen LogP contribution < -0.4 is 10.5 Å². The van der Waals surface area contributed by atoms with Crippen LogP contribution in [0.3, 0.4) is 0 Å². The number of carbonyl (C=O) groups excluding carboxylic acids is 2. The Morgan fingerprint density at radius 3 is 1.97 bits per heavy atom. The summed E-state index contributed by atoms with van der Waals surface area (Å²) in [6.07, 6.45) is 0.885. The molecule has 0 aromatic heterocycles. The molecule has 1 saturated heterocycles. The molecule has 1 aliphatic rings. The molecule has 170 valence electrons. The molecule has 1 fully saturated rings. The van der Waals surface area contributed by atoms with Gasteiger partial charge in [-0.2, -0.15) is 0 Å². The van der Waals surface area contributed by atoms with Gasteiger partial charge in [0.25, 0.3) is 5.79 Å². The zero-order valence-corrected chi connectivity index (χ0v) is 18.9. The molecular formula is C20H20N2O8S2. The van der Waals surface area contributed by atoms with Crippen LogP contribution in [0.5, 0.6) is 0 Å². The number of esters is 2. The average molecular weight is 481 g/mol. The Balaban J connectivity index is 2.10. The first-order chi connectivity index (χ1) is 14.7. The van der Waals surface area contributed by atoms with Gasteiger partial charge in [0.05, 0.1) is 20.4 Å². The lowest BCUT2D eigenvalue weighted by atomic mass is 10.2. The number of nitrogens with one attached hydrogen (secondary N) is 1. The van der Waals surface area contributed by atoms with E-state index in [9.17, 15) is 26.4 Å². The van der Waals surface area contributed by atoms with Crippen molar-refractivity contribution in [3.63, 3.8) is 0 Å². The van der Waals surface area contributed by atoms with Crippen molar-refractivity contribution in [3.05, 3.63) is 59.8 Å². The minimum atomic E-state index is -4.18. The molecule has 0 spiro atoms. The van der Waals surface area contributed by atoms with E-state index in [2.05, 4.69) is 5.32 Å². The van der Waals surface area contributed by atoms with Crippen LogP contribution in [-0.4, -0.2) is 34.6 Å². The van der Waals surface area contributed by atoms with Crippen LogP contribution in [0.15, 0.2) is 68.9 Å².